The van der Waals surface area contributed by atoms with Crippen LogP contribution in [0.4, 0.5) is 0 Å². The number of nitrogens with two attached hydrogens (primary N) is 2. The first-order valence-corrected chi connectivity index (χ1v) is 16.0. The highest BCUT2D eigenvalue weighted by atomic mass is 16.7. The molecule has 0 aromatic heterocycles. The number of aromatic hydroxyl groups is 1. The third-order valence-corrected chi connectivity index (χ3v) is 8.89. The summed E-state index contributed by atoms with van der Waals surface area (Å²) in [6.45, 7) is 2.52. The van der Waals surface area contributed by atoms with Gasteiger partial charge in [0.05, 0.1) is 17.8 Å². The predicted octanol–water partition coefficient (Wildman–Crippen LogP) is 2.30. The number of fused-ring (bicyclic) bond motifs is 2. The van der Waals surface area contributed by atoms with Crippen LogP contribution in [0.2, 0.25) is 0 Å². The molecule has 0 bridgehead atoms. The maximum atomic E-state index is 14.5. The number of ether oxygens (including phenoxy) is 3. The zero-order valence-corrected chi connectivity index (χ0v) is 27.5. The van der Waals surface area contributed by atoms with Crippen molar-refractivity contribution in [1.29, 1.82) is 0 Å². The van der Waals surface area contributed by atoms with Gasteiger partial charge in [0.25, 0.3) is 0 Å². The molecule has 6 rings (SSSR count). The zero-order chi connectivity index (χ0) is 36.8. The van der Waals surface area contributed by atoms with E-state index in [1.807, 2.05) is 30.3 Å². The molecule has 1 fully saturated rings. The smallest absolute Gasteiger partial charge is 0.308 e. The van der Waals surface area contributed by atoms with Gasteiger partial charge in [-0.15, -0.1) is 0 Å². The van der Waals surface area contributed by atoms with Crippen LogP contribution in [-0.2, 0) is 16.0 Å². The molecule has 4 aromatic rings. The molecular weight excluding hydrogens is 660 g/mol. The molecule has 4 unspecified atom stereocenters. The molecule has 4 aromatic carbocycles. The molecule has 13 heteroatoms. The van der Waals surface area contributed by atoms with Gasteiger partial charge >= 0.3 is 5.97 Å². The molecule has 264 valence electrons. The van der Waals surface area contributed by atoms with Crippen molar-refractivity contribution < 1.29 is 54.1 Å². The molecule has 51 heavy (non-hydrogen) atoms. The van der Waals surface area contributed by atoms with E-state index in [1.165, 1.54) is 32.0 Å². The zero-order valence-electron chi connectivity index (χ0n) is 27.5. The number of rotatable bonds is 8. The Morgan fingerprint density at radius 2 is 1.61 bits per heavy atom. The Labute approximate surface area is 291 Å². The number of carbonyl (C=O) groups is 3. The highest BCUT2D eigenvalue weighted by Crippen LogP contribution is 2.44. The maximum absolute atomic E-state index is 14.5. The third kappa shape index (κ3) is 6.67. The lowest BCUT2D eigenvalue weighted by atomic mass is 9.79. The maximum Gasteiger partial charge on any atom is 0.308 e. The van der Waals surface area contributed by atoms with Crippen LogP contribution in [-0.4, -0.2) is 73.5 Å². The van der Waals surface area contributed by atoms with E-state index in [4.69, 9.17) is 25.7 Å². The fourth-order valence-electron chi connectivity index (χ4n) is 6.24. The highest BCUT2D eigenvalue weighted by molar-refractivity contribution is 6.31. The van der Waals surface area contributed by atoms with E-state index in [1.54, 1.807) is 36.4 Å². The average Bonchev–Trinajstić information content (AvgIpc) is 3.09. The number of esters is 1. The van der Waals surface area contributed by atoms with Gasteiger partial charge in [0.15, 0.2) is 17.7 Å². The first-order valence-electron chi connectivity index (χ1n) is 16.0. The topological polar surface area (TPSA) is 232 Å². The monoisotopic (exact) mass is 696 g/mol. The molecule has 1 heterocycles. The lowest BCUT2D eigenvalue weighted by Gasteiger charge is -2.44. The van der Waals surface area contributed by atoms with Gasteiger partial charge in [0.2, 0.25) is 12.1 Å². The summed E-state index contributed by atoms with van der Waals surface area (Å²) in [5.41, 5.74) is 13.0. The van der Waals surface area contributed by atoms with E-state index in [0.29, 0.717) is 11.1 Å². The SMILES string of the molecule is CC(=O)Oc1ccc2c(c1C=Cc1ccccc1)C(=O)c1cc(OC3OC(C)C(O)C(O)(O)C3O)c(Cc3cccc(C(N)N)c3)c(O)c1C2=O. The first-order chi connectivity index (χ1) is 24.2. The van der Waals surface area contributed by atoms with Crippen LogP contribution in [0.5, 0.6) is 17.2 Å². The van der Waals surface area contributed by atoms with E-state index in [0.717, 1.165) is 5.56 Å². The van der Waals surface area contributed by atoms with Crippen LogP contribution in [0, 0.1) is 0 Å². The number of benzene rings is 4. The van der Waals surface area contributed by atoms with Crippen molar-refractivity contribution in [2.75, 3.05) is 0 Å². The highest BCUT2D eigenvalue weighted by Gasteiger charge is 2.54. The number of hydrogen-bond acceptors (Lipinski definition) is 13. The van der Waals surface area contributed by atoms with Gasteiger partial charge in [-0.2, -0.15) is 0 Å². The van der Waals surface area contributed by atoms with E-state index in [9.17, 15) is 39.9 Å². The normalized spacial score (nSPS) is 21.0. The van der Waals surface area contributed by atoms with Crippen molar-refractivity contribution in [2.24, 2.45) is 11.5 Å². The summed E-state index contributed by atoms with van der Waals surface area (Å²) < 4.78 is 17.0. The second kappa shape index (κ2) is 13.8. The summed E-state index contributed by atoms with van der Waals surface area (Å²) in [7, 11) is 0. The van der Waals surface area contributed by atoms with Crippen molar-refractivity contribution in [3.8, 4) is 17.2 Å². The molecule has 4 atom stereocenters. The number of phenols is 1. The number of aliphatic hydroxyl groups is 4. The van der Waals surface area contributed by atoms with E-state index >= 15 is 0 Å². The Bertz CT molecular complexity index is 2060. The van der Waals surface area contributed by atoms with E-state index < -0.39 is 59.8 Å². The molecule has 1 aliphatic heterocycles. The quantitative estimate of drug-likeness (QED) is 0.0535. The molecule has 0 amide bonds. The third-order valence-electron chi connectivity index (χ3n) is 8.89. The summed E-state index contributed by atoms with van der Waals surface area (Å²) >= 11 is 0. The molecule has 9 N–H and O–H groups in total. The molecule has 1 saturated heterocycles. The van der Waals surface area contributed by atoms with E-state index in [-0.39, 0.29) is 51.3 Å². The minimum absolute atomic E-state index is 0.0156. The largest absolute Gasteiger partial charge is 0.507 e. The summed E-state index contributed by atoms with van der Waals surface area (Å²) in [6, 6.07) is 19.8. The molecular formula is C38H36N2O11. The Hall–Kier alpha value is -5.25. The summed E-state index contributed by atoms with van der Waals surface area (Å²) in [5.74, 6) is -6.00. The van der Waals surface area contributed by atoms with Gasteiger partial charge in [-0.1, -0.05) is 60.7 Å². The van der Waals surface area contributed by atoms with Crippen LogP contribution in [0.25, 0.3) is 12.2 Å². The first kappa shape index (κ1) is 35.6. The number of aliphatic hydroxyl groups excluding tert-OH is 2. The predicted molar refractivity (Wildman–Crippen MR) is 183 cm³/mol. The second-order valence-electron chi connectivity index (χ2n) is 12.5. The lowest BCUT2D eigenvalue weighted by molar-refractivity contribution is -0.371. The number of ketones is 2. The standard InChI is InChI=1S/C38H36N2O11/c1-18-34(45)38(47,48)35(46)37(49-18)51-28-17-26-30(32(43)25(28)16-21-9-6-10-22(15-21)36(39)40)31(42)24-13-14-27(50-19(2)41)23(29(24)33(26)44)12-11-20-7-4-3-5-8-20/h3-15,17-18,34-37,43,45-48H,16,39-40H2,1-2H3. The molecule has 0 radical (unpaired) electrons. The Morgan fingerprint density at radius 1 is 0.902 bits per heavy atom. The average molecular weight is 697 g/mol. The van der Waals surface area contributed by atoms with Crippen LogP contribution >= 0.6 is 0 Å². The van der Waals surface area contributed by atoms with Gasteiger partial charge in [-0.25, -0.2) is 0 Å². The summed E-state index contributed by atoms with van der Waals surface area (Å²) in [5, 5.41) is 53.8. The van der Waals surface area contributed by atoms with Gasteiger partial charge in [0, 0.05) is 41.2 Å². The van der Waals surface area contributed by atoms with Crippen LogP contribution < -0.4 is 20.9 Å². The van der Waals surface area contributed by atoms with Crippen LogP contribution in [0.15, 0.2) is 72.8 Å². The van der Waals surface area contributed by atoms with Crippen molar-refractivity contribution in [3.05, 3.63) is 123 Å². The Balaban J connectivity index is 1.53. The van der Waals surface area contributed by atoms with Crippen molar-refractivity contribution >= 4 is 29.7 Å². The van der Waals surface area contributed by atoms with Gasteiger partial charge in [-0.05, 0) is 47.9 Å². The molecule has 1 aliphatic carbocycles. The van der Waals surface area contributed by atoms with Gasteiger partial charge in [-0.3, -0.25) is 14.4 Å². The van der Waals surface area contributed by atoms with Crippen molar-refractivity contribution in [2.45, 2.75) is 56.8 Å². The Morgan fingerprint density at radius 3 is 2.29 bits per heavy atom. The Kier molecular flexibility index (Phi) is 9.63. The minimum atomic E-state index is -3.05. The second-order valence-corrected chi connectivity index (χ2v) is 12.5. The fraction of sp³-hybridized carbons (Fsp3) is 0.237. The van der Waals surface area contributed by atoms with Crippen molar-refractivity contribution in [1.82, 2.24) is 0 Å². The summed E-state index contributed by atoms with van der Waals surface area (Å²) in [4.78, 5) is 40.7. The van der Waals surface area contributed by atoms with Gasteiger partial charge in [0.1, 0.15) is 23.4 Å². The van der Waals surface area contributed by atoms with Crippen LogP contribution in [0.3, 0.4) is 0 Å². The lowest BCUT2D eigenvalue weighted by Crippen LogP contribution is -2.67. The number of hydrogen-bond donors (Lipinski definition) is 7. The molecule has 0 spiro atoms. The minimum Gasteiger partial charge on any atom is -0.507 e. The summed E-state index contributed by atoms with van der Waals surface area (Å²) in [6.07, 6.45) is -4.88. The van der Waals surface area contributed by atoms with E-state index in [2.05, 4.69) is 0 Å². The molecule has 13 nitrogen and oxygen atoms in total. The fourth-order valence-corrected chi connectivity index (χ4v) is 6.24. The van der Waals surface area contributed by atoms with Gasteiger partial charge < -0.3 is 51.2 Å². The molecule has 0 saturated carbocycles. The van der Waals surface area contributed by atoms with Crippen LogP contribution in [0.1, 0.15) is 79.7 Å². The molecule has 2 aliphatic rings. The van der Waals surface area contributed by atoms with Crippen molar-refractivity contribution in [3.63, 3.8) is 0 Å². The number of carbonyl (C=O) groups excluding carboxylic acids is 3. The number of phenolic OH excluding ortho intramolecular Hbond substituents is 1.